The summed E-state index contributed by atoms with van der Waals surface area (Å²) < 4.78 is 0. The molecule has 2 rings (SSSR count). The van der Waals surface area contributed by atoms with Crippen LogP contribution in [0.15, 0.2) is 0 Å². The molecule has 2 aliphatic rings. The van der Waals surface area contributed by atoms with Crippen molar-refractivity contribution in [2.24, 2.45) is 11.3 Å². The topological polar surface area (TPSA) is 40.5 Å². The first-order chi connectivity index (χ1) is 8.30. The fourth-order valence-electron chi connectivity index (χ4n) is 3.36. The molecule has 3 nitrogen and oxygen atoms in total. The maximum atomic E-state index is 12.2. The SMILES string of the molecule is CC(C)(C)CC(=O)N1CCC2(O)CCCCC2C1. The minimum Gasteiger partial charge on any atom is -0.389 e. The van der Waals surface area contributed by atoms with Crippen molar-refractivity contribution in [3.8, 4) is 0 Å². The van der Waals surface area contributed by atoms with Crippen LogP contribution in [0.4, 0.5) is 0 Å². The fourth-order valence-corrected chi connectivity index (χ4v) is 3.36. The predicted molar refractivity (Wildman–Crippen MR) is 72.2 cm³/mol. The first-order valence-corrected chi connectivity index (χ1v) is 7.30. The van der Waals surface area contributed by atoms with Gasteiger partial charge < -0.3 is 10.0 Å². The van der Waals surface area contributed by atoms with Crippen molar-refractivity contribution < 1.29 is 9.90 Å². The number of likely N-dealkylation sites (tertiary alicyclic amines) is 1. The Morgan fingerprint density at radius 1 is 1.33 bits per heavy atom. The van der Waals surface area contributed by atoms with Gasteiger partial charge in [0.25, 0.3) is 0 Å². The van der Waals surface area contributed by atoms with Crippen LogP contribution < -0.4 is 0 Å². The van der Waals surface area contributed by atoms with E-state index in [1.807, 2.05) is 4.90 Å². The number of carbonyl (C=O) groups is 1. The summed E-state index contributed by atoms with van der Waals surface area (Å²) in [4.78, 5) is 14.2. The van der Waals surface area contributed by atoms with E-state index >= 15 is 0 Å². The lowest BCUT2D eigenvalue weighted by Gasteiger charge is -2.47. The Hall–Kier alpha value is -0.570. The second-order valence-corrected chi connectivity index (χ2v) is 7.37. The number of rotatable bonds is 1. The lowest BCUT2D eigenvalue weighted by atomic mass is 9.71. The minimum atomic E-state index is -0.475. The Morgan fingerprint density at radius 3 is 2.72 bits per heavy atom. The maximum Gasteiger partial charge on any atom is 0.223 e. The lowest BCUT2D eigenvalue weighted by molar-refractivity contribution is -0.145. The van der Waals surface area contributed by atoms with Crippen LogP contribution in [-0.4, -0.2) is 34.6 Å². The van der Waals surface area contributed by atoms with Gasteiger partial charge in [-0.25, -0.2) is 0 Å². The normalized spacial score (nSPS) is 33.1. The number of carbonyl (C=O) groups excluding carboxylic acids is 1. The van der Waals surface area contributed by atoms with Gasteiger partial charge in [0.2, 0.25) is 5.91 Å². The van der Waals surface area contributed by atoms with Crippen molar-refractivity contribution in [1.82, 2.24) is 4.90 Å². The second-order valence-electron chi connectivity index (χ2n) is 7.37. The summed E-state index contributed by atoms with van der Waals surface area (Å²) >= 11 is 0. The van der Waals surface area contributed by atoms with Gasteiger partial charge in [-0.2, -0.15) is 0 Å². The monoisotopic (exact) mass is 253 g/mol. The summed E-state index contributed by atoms with van der Waals surface area (Å²) in [6.07, 6.45) is 5.73. The van der Waals surface area contributed by atoms with Gasteiger partial charge in [-0.1, -0.05) is 33.6 Å². The molecule has 1 aliphatic heterocycles. The van der Waals surface area contributed by atoms with Crippen molar-refractivity contribution in [2.75, 3.05) is 13.1 Å². The molecule has 0 aromatic heterocycles. The van der Waals surface area contributed by atoms with E-state index in [4.69, 9.17) is 0 Å². The summed E-state index contributed by atoms with van der Waals surface area (Å²) in [5.74, 6) is 0.569. The number of aliphatic hydroxyl groups is 1. The molecule has 2 fully saturated rings. The molecule has 3 heteroatoms. The van der Waals surface area contributed by atoms with Gasteiger partial charge in [0.05, 0.1) is 5.60 Å². The van der Waals surface area contributed by atoms with Crippen LogP contribution in [0.1, 0.15) is 59.3 Å². The predicted octanol–water partition coefficient (Wildman–Crippen LogP) is 2.58. The van der Waals surface area contributed by atoms with Crippen LogP contribution in [0.25, 0.3) is 0 Å². The number of piperidine rings is 1. The Balaban J connectivity index is 1.96. The van der Waals surface area contributed by atoms with Gasteiger partial charge in [0.15, 0.2) is 0 Å². The summed E-state index contributed by atoms with van der Waals surface area (Å²) in [5, 5.41) is 10.6. The van der Waals surface area contributed by atoms with Crippen molar-refractivity contribution in [1.29, 1.82) is 0 Å². The van der Waals surface area contributed by atoms with E-state index < -0.39 is 5.60 Å². The van der Waals surface area contributed by atoms with Crippen molar-refractivity contribution in [3.63, 3.8) is 0 Å². The van der Waals surface area contributed by atoms with E-state index in [0.717, 1.165) is 38.8 Å². The molecule has 0 bridgehead atoms. The number of fused-ring (bicyclic) bond motifs is 1. The largest absolute Gasteiger partial charge is 0.389 e. The van der Waals surface area contributed by atoms with Gasteiger partial charge in [0, 0.05) is 25.4 Å². The molecular weight excluding hydrogens is 226 g/mol. The molecular formula is C15H27NO2. The quantitative estimate of drug-likeness (QED) is 0.780. The number of nitrogens with zero attached hydrogens (tertiary/aromatic N) is 1. The average molecular weight is 253 g/mol. The van der Waals surface area contributed by atoms with Crippen LogP contribution in [0.5, 0.6) is 0 Å². The first-order valence-electron chi connectivity index (χ1n) is 7.30. The van der Waals surface area contributed by atoms with Crippen LogP contribution >= 0.6 is 0 Å². The smallest absolute Gasteiger partial charge is 0.223 e. The Bertz CT molecular complexity index is 321. The number of amides is 1. The summed E-state index contributed by atoms with van der Waals surface area (Å²) in [6.45, 7) is 7.82. The molecule has 2 atom stereocenters. The molecule has 18 heavy (non-hydrogen) atoms. The molecule has 2 unspecified atom stereocenters. The first kappa shape index (κ1) is 13.9. The highest BCUT2D eigenvalue weighted by atomic mass is 16.3. The molecule has 0 aromatic carbocycles. The molecule has 1 saturated heterocycles. The Kier molecular flexibility index (Phi) is 3.72. The van der Waals surface area contributed by atoms with Crippen LogP contribution in [0.3, 0.4) is 0 Å². The van der Waals surface area contributed by atoms with Gasteiger partial charge in [-0.3, -0.25) is 4.79 Å². The van der Waals surface area contributed by atoms with Gasteiger partial charge >= 0.3 is 0 Å². The minimum absolute atomic E-state index is 0.0530. The van der Waals surface area contributed by atoms with Crippen molar-refractivity contribution >= 4 is 5.91 Å². The van der Waals surface area contributed by atoms with E-state index in [9.17, 15) is 9.90 Å². The van der Waals surface area contributed by atoms with E-state index in [-0.39, 0.29) is 11.3 Å². The molecule has 1 N–H and O–H groups in total. The van der Waals surface area contributed by atoms with E-state index in [0.29, 0.717) is 12.3 Å². The van der Waals surface area contributed by atoms with Gasteiger partial charge in [-0.05, 0) is 24.7 Å². The van der Waals surface area contributed by atoms with Crippen LogP contribution in [0.2, 0.25) is 0 Å². The molecule has 1 saturated carbocycles. The molecule has 1 heterocycles. The number of hydrogen-bond acceptors (Lipinski definition) is 2. The van der Waals surface area contributed by atoms with Crippen molar-refractivity contribution in [3.05, 3.63) is 0 Å². The lowest BCUT2D eigenvalue weighted by Crippen LogP contribution is -2.54. The summed E-state index contributed by atoms with van der Waals surface area (Å²) in [7, 11) is 0. The molecule has 1 amide bonds. The van der Waals surface area contributed by atoms with E-state index in [2.05, 4.69) is 20.8 Å². The Labute approximate surface area is 111 Å². The number of hydrogen-bond donors (Lipinski definition) is 1. The third-order valence-corrected chi connectivity index (χ3v) is 4.46. The van der Waals surface area contributed by atoms with Gasteiger partial charge in [0.1, 0.15) is 0 Å². The van der Waals surface area contributed by atoms with Gasteiger partial charge in [-0.15, -0.1) is 0 Å². The van der Waals surface area contributed by atoms with E-state index in [1.165, 1.54) is 6.42 Å². The maximum absolute atomic E-state index is 12.2. The summed E-state index contributed by atoms with van der Waals surface area (Å²) in [5.41, 5.74) is -0.422. The Morgan fingerprint density at radius 2 is 2.06 bits per heavy atom. The molecule has 104 valence electrons. The second kappa shape index (κ2) is 4.84. The molecule has 1 aliphatic carbocycles. The fraction of sp³-hybridized carbons (Fsp3) is 0.933. The molecule has 0 aromatic rings. The third-order valence-electron chi connectivity index (χ3n) is 4.46. The summed E-state index contributed by atoms with van der Waals surface area (Å²) in [6, 6.07) is 0. The highest BCUT2D eigenvalue weighted by molar-refractivity contribution is 5.77. The molecule has 0 radical (unpaired) electrons. The van der Waals surface area contributed by atoms with E-state index in [1.54, 1.807) is 0 Å². The zero-order valence-electron chi connectivity index (χ0n) is 12.0. The highest BCUT2D eigenvalue weighted by Crippen LogP contribution is 2.40. The van der Waals surface area contributed by atoms with Crippen LogP contribution in [0, 0.1) is 11.3 Å². The zero-order chi connectivity index (χ0) is 13.4. The standard InChI is InChI=1S/C15H27NO2/c1-14(2,3)10-13(17)16-9-8-15(18)7-5-4-6-12(15)11-16/h12,18H,4-11H2,1-3H3. The zero-order valence-corrected chi connectivity index (χ0v) is 12.0. The van der Waals surface area contributed by atoms with Crippen molar-refractivity contribution in [2.45, 2.75) is 64.9 Å². The van der Waals surface area contributed by atoms with Crippen LogP contribution in [-0.2, 0) is 4.79 Å². The average Bonchev–Trinajstić information content (AvgIpc) is 2.25. The third kappa shape index (κ3) is 3.05. The highest BCUT2D eigenvalue weighted by Gasteiger charge is 2.43. The molecule has 0 spiro atoms.